The molecular formula is C10H12N2O2S. The zero-order valence-corrected chi connectivity index (χ0v) is 9.23. The molecule has 0 saturated heterocycles. The van der Waals surface area contributed by atoms with E-state index >= 15 is 0 Å². The van der Waals surface area contributed by atoms with Crippen LogP contribution in [0.4, 0.5) is 0 Å². The molecule has 0 bridgehead atoms. The van der Waals surface area contributed by atoms with Gasteiger partial charge in [-0.05, 0) is 32.0 Å². The molecule has 4 nitrogen and oxygen atoms in total. The Bertz CT molecular complexity index is 463. The molecule has 1 aromatic rings. The largest absolute Gasteiger partial charge is 0.478 e. The maximum Gasteiger partial charge on any atom is 0.339 e. The van der Waals surface area contributed by atoms with Crippen molar-refractivity contribution in [1.29, 1.82) is 0 Å². The Morgan fingerprint density at radius 1 is 1.60 bits per heavy atom. The van der Waals surface area contributed by atoms with Crippen LogP contribution >= 0.6 is 12.2 Å². The van der Waals surface area contributed by atoms with E-state index in [1.165, 1.54) is 0 Å². The monoisotopic (exact) mass is 224 g/mol. The fraction of sp³-hybridized carbons (Fsp3) is 0.500. The topological polar surface area (TPSA) is 66.0 Å². The molecule has 0 radical (unpaired) electrons. The van der Waals surface area contributed by atoms with Gasteiger partial charge in [-0.2, -0.15) is 0 Å². The number of rotatable bonds is 2. The van der Waals surface area contributed by atoms with Gasteiger partial charge in [0.15, 0.2) is 4.77 Å². The van der Waals surface area contributed by atoms with Gasteiger partial charge in [0.2, 0.25) is 0 Å². The molecule has 0 amide bonds. The van der Waals surface area contributed by atoms with Gasteiger partial charge in [0.1, 0.15) is 5.56 Å². The van der Waals surface area contributed by atoms with Crippen molar-refractivity contribution in [3.63, 3.8) is 0 Å². The maximum atomic E-state index is 11.1. The van der Waals surface area contributed by atoms with Crippen LogP contribution in [0.2, 0.25) is 0 Å². The Kier molecular flexibility index (Phi) is 2.56. The van der Waals surface area contributed by atoms with E-state index in [4.69, 9.17) is 17.3 Å². The quantitative estimate of drug-likeness (QED) is 0.757. The predicted octanol–water partition coefficient (Wildman–Crippen LogP) is 2.41. The number of carboxylic acid groups (broad SMARTS) is 1. The van der Waals surface area contributed by atoms with Gasteiger partial charge < -0.3 is 10.1 Å². The number of nitrogens with zero attached hydrogens (tertiary/aromatic N) is 1. The summed E-state index contributed by atoms with van der Waals surface area (Å²) in [6, 6.07) is 0. The van der Waals surface area contributed by atoms with Crippen molar-refractivity contribution >= 4 is 18.2 Å². The molecule has 1 heterocycles. The molecule has 2 N–H and O–H groups in total. The highest BCUT2D eigenvalue weighted by atomic mass is 32.1. The average molecular weight is 224 g/mol. The first kappa shape index (κ1) is 10.3. The number of aryl methyl sites for hydroxylation is 1. The van der Waals surface area contributed by atoms with Crippen molar-refractivity contribution in [2.45, 2.75) is 32.1 Å². The minimum Gasteiger partial charge on any atom is -0.478 e. The van der Waals surface area contributed by atoms with Crippen LogP contribution in [-0.2, 0) is 0 Å². The lowest BCUT2D eigenvalue weighted by molar-refractivity contribution is 0.0692. The molecular weight excluding hydrogens is 212 g/mol. The molecule has 0 aliphatic heterocycles. The van der Waals surface area contributed by atoms with Gasteiger partial charge in [-0.1, -0.05) is 6.42 Å². The summed E-state index contributed by atoms with van der Waals surface area (Å²) in [5.41, 5.74) is 1.56. The summed E-state index contributed by atoms with van der Waals surface area (Å²) in [4.78, 5) is 18.0. The van der Waals surface area contributed by atoms with Gasteiger partial charge in [-0.3, -0.25) is 0 Å². The van der Waals surface area contributed by atoms with E-state index in [0.717, 1.165) is 19.3 Å². The first-order valence-corrected chi connectivity index (χ1v) is 5.34. The maximum absolute atomic E-state index is 11.1. The zero-order chi connectivity index (χ0) is 11.0. The number of nitrogens with one attached hydrogen (secondary N) is 1. The number of H-pyrrole nitrogens is 1. The van der Waals surface area contributed by atoms with Gasteiger partial charge in [-0.15, -0.1) is 0 Å². The second kappa shape index (κ2) is 3.73. The van der Waals surface area contributed by atoms with Crippen molar-refractivity contribution in [1.82, 2.24) is 9.97 Å². The van der Waals surface area contributed by atoms with Gasteiger partial charge in [0, 0.05) is 11.6 Å². The molecule has 0 unspecified atom stereocenters. The molecule has 1 aromatic heterocycles. The Balaban J connectivity index is 2.58. The van der Waals surface area contributed by atoms with Crippen LogP contribution in [0.1, 0.15) is 46.9 Å². The van der Waals surface area contributed by atoms with Crippen LogP contribution in [0, 0.1) is 11.7 Å². The van der Waals surface area contributed by atoms with Crippen molar-refractivity contribution in [3.05, 3.63) is 21.7 Å². The second-order valence-corrected chi connectivity index (χ2v) is 4.25. The highest BCUT2D eigenvalue weighted by Crippen LogP contribution is 2.37. The minimum atomic E-state index is -0.923. The lowest BCUT2D eigenvalue weighted by Crippen LogP contribution is -2.18. The zero-order valence-electron chi connectivity index (χ0n) is 8.41. The highest BCUT2D eigenvalue weighted by molar-refractivity contribution is 7.71. The molecule has 1 saturated carbocycles. The van der Waals surface area contributed by atoms with Crippen molar-refractivity contribution in [2.24, 2.45) is 0 Å². The third kappa shape index (κ3) is 1.79. The smallest absolute Gasteiger partial charge is 0.339 e. The third-order valence-corrected chi connectivity index (χ3v) is 3.05. The standard InChI is InChI=1S/C10H12N2O2S/c1-5-7(9(13)14)8(6-3-2-4-6)12-10(15)11-5/h6H,2-4H2,1H3,(H,13,14)(H,11,12,15). The molecule has 15 heavy (non-hydrogen) atoms. The van der Waals surface area contributed by atoms with E-state index in [1.807, 2.05) is 0 Å². The SMILES string of the molecule is Cc1[nH]c(=S)nc(C2CCC2)c1C(=O)O. The highest BCUT2D eigenvalue weighted by Gasteiger charge is 2.27. The van der Waals surface area contributed by atoms with E-state index in [0.29, 0.717) is 21.7 Å². The Hall–Kier alpha value is -1.23. The summed E-state index contributed by atoms with van der Waals surface area (Å²) >= 11 is 4.96. The van der Waals surface area contributed by atoms with Crippen molar-refractivity contribution < 1.29 is 9.90 Å². The summed E-state index contributed by atoms with van der Waals surface area (Å²) in [7, 11) is 0. The van der Waals surface area contributed by atoms with Crippen LogP contribution in [0.5, 0.6) is 0 Å². The summed E-state index contributed by atoms with van der Waals surface area (Å²) in [5, 5.41) is 9.11. The molecule has 80 valence electrons. The predicted molar refractivity (Wildman–Crippen MR) is 57.7 cm³/mol. The number of hydrogen-bond acceptors (Lipinski definition) is 3. The van der Waals surface area contributed by atoms with Crippen LogP contribution < -0.4 is 0 Å². The van der Waals surface area contributed by atoms with Gasteiger partial charge >= 0.3 is 5.97 Å². The summed E-state index contributed by atoms with van der Waals surface area (Å²) in [6.07, 6.45) is 3.19. The normalized spacial score (nSPS) is 16.1. The number of carboxylic acids is 1. The van der Waals surface area contributed by atoms with E-state index in [9.17, 15) is 4.79 Å². The minimum absolute atomic E-state index is 0.283. The van der Waals surface area contributed by atoms with E-state index in [1.54, 1.807) is 6.92 Å². The molecule has 1 aliphatic rings. The summed E-state index contributed by atoms with van der Waals surface area (Å²) < 4.78 is 0.374. The lowest BCUT2D eigenvalue weighted by atomic mass is 9.81. The fourth-order valence-electron chi connectivity index (χ4n) is 1.86. The average Bonchev–Trinajstić information content (AvgIpc) is 1.97. The number of aromatic nitrogens is 2. The van der Waals surface area contributed by atoms with E-state index in [2.05, 4.69) is 9.97 Å². The van der Waals surface area contributed by atoms with Crippen molar-refractivity contribution in [2.75, 3.05) is 0 Å². The third-order valence-electron chi connectivity index (χ3n) is 2.85. The summed E-state index contributed by atoms with van der Waals surface area (Å²) in [6.45, 7) is 1.73. The molecule has 0 aromatic carbocycles. The lowest BCUT2D eigenvalue weighted by Gasteiger charge is -2.26. The van der Waals surface area contributed by atoms with Gasteiger partial charge in [0.25, 0.3) is 0 Å². The number of hydrogen-bond donors (Lipinski definition) is 2. The molecule has 1 aliphatic carbocycles. The first-order valence-electron chi connectivity index (χ1n) is 4.93. The fourth-order valence-corrected chi connectivity index (χ4v) is 2.11. The molecule has 2 rings (SSSR count). The first-order chi connectivity index (χ1) is 7.09. The number of aromatic amines is 1. The van der Waals surface area contributed by atoms with Crippen LogP contribution in [0.25, 0.3) is 0 Å². The van der Waals surface area contributed by atoms with Gasteiger partial charge in [0.05, 0.1) is 5.69 Å². The molecule has 1 fully saturated rings. The number of carbonyl (C=O) groups is 1. The molecule has 5 heteroatoms. The Labute approximate surface area is 92.4 Å². The van der Waals surface area contributed by atoms with Gasteiger partial charge in [-0.25, -0.2) is 9.78 Å². The van der Waals surface area contributed by atoms with E-state index < -0.39 is 5.97 Å². The summed E-state index contributed by atoms with van der Waals surface area (Å²) in [5.74, 6) is -0.640. The number of aromatic carboxylic acids is 1. The van der Waals surface area contributed by atoms with Crippen molar-refractivity contribution in [3.8, 4) is 0 Å². The molecule has 0 spiro atoms. The van der Waals surface area contributed by atoms with E-state index in [-0.39, 0.29) is 5.92 Å². The van der Waals surface area contributed by atoms with Crippen LogP contribution in [0.15, 0.2) is 0 Å². The second-order valence-electron chi connectivity index (χ2n) is 3.86. The van der Waals surface area contributed by atoms with Crippen LogP contribution in [0.3, 0.4) is 0 Å². The molecule has 0 atom stereocenters. The Morgan fingerprint density at radius 2 is 2.27 bits per heavy atom. The Morgan fingerprint density at radius 3 is 2.73 bits per heavy atom. The van der Waals surface area contributed by atoms with Crippen LogP contribution in [-0.4, -0.2) is 21.0 Å².